The van der Waals surface area contributed by atoms with Gasteiger partial charge in [-0.05, 0) is 71.6 Å². The minimum absolute atomic E-state index is 0.147. The molecular weight excluding hydrogens is 396 g/mol. The highest BCUT2D eigenvalue weighted by molar-refractivity contribution is 5.59. The summed E-state index contributed by atoms with van der Waals surface area (Å²) in [5.41, 5.74) is 5.66. The van der Waals surface area contributed by atoms with Crippen LogP contribution in [-0.4, -0.2) is 19.4 Å². The molecule has 2 aromatic rings. The van der Waals surface area contributed by atoms with Crippen molar-refractivity contribution in [1.82, 2.24) is 0 Å². The molecule has 0 unspecified atom stereocenters. The number of benzene rings is 2. The van der Waals surface area contributed by atoms with Crippen LogP contribution in [0.15, 0.2) is 48.5 Å². The summed E-state index contributed by atoms with van der Waals surface area (Å²) in [4.78, 5) is 11.9. The molecule has 0 aliphatic rings. The van der Waals surface area contributed by atoms with Gasteiger partial charge >= 0.3 is 6.16 Å². The van der Waals surface area contributed by atoms with Gasteiger partial charge in [-0.2, -0.15) is 0 Å². The average molecular weight is 439 g/mol. The molecule has 32 heavy (non-hydrogen) atoms. The Morgan fingerprint density at radius 2 is 1.19 bits per heavy atom. The summed E-state index contributed by atoms with van der Waals surface area (Å²) in [7, 11) is 0. The third-order valence-electron chi connectivity index (χ3n) is 6.83. The van der Waals surface area contributed by atoms with E-state index in [9.17, 15) is 4.79 Å². The van der Waals surface area contributed by atoms with Crippen LogP contribution < -0.4 is 0 Å². The van der Waals surface area contributed by atoms with Gasteiger partial charge in [0.1, 0.15) is 0 Å². The molecule has 3 nitrogen and oxygen atoms in total. The lowest BCUT2D eigenvalue weighted by Gasteiger charge is -2.29. The Bertz CT molecular complexity index is 802. The van der Waals surface area contributed by atoms with Crippen LogP contribution in [0, 0.1) is 0 Å². The Labute approximate surface area is 195 Å². The van der Waals surface area contributed by atoms with E-state index in [-0.39, 0.29) is 10.8 Å². The Morgan fingerprint density at radius 3 is 1.66 bits per heavy atom. The molecule has 0 spiro atoms. The van der Waals surface area contributed by atoms with E-state index in [0.717, 1.165) is 38.5 Å². The monoisotopic (exact) mass is 438 g/mol. The minimum Gasteiger partial charge on any atom is -0.434 e. The third kappa shape index (κ3) is 8.00. The zero-order valence-electron chi connectivity index (χ0n) is 21.0. The van der Waals surface area contributed by atoms with Gasteiger partial charge in [-0.15, -0.1) is 0 Å². The van der Waals surface area contributed by atoms with E-state index in [0.29, 0.717) is 13.2 Å². The summed E-state index contributed by atoms with van der Waals surface area (Å²) in [6.45, 7) is 14.5. The van der Waals surface area contributed by atoms with E-state index in [1.54, 1.807) is 0 Å². The SMILES string of the molecule is CCC(C)(C)c1cc(CCCOC(=O)OCCCc2ccccc2)cc(C(C)(C)CC)c1. The number of hydrogen-bond donors (Lipinski definition) is 0. The molecule has 0 radical (unpaired) electrons. The van der Waals surface area contributed by atoms with E-state index < -0.39 is 6.16 Å². The van der Waals surface area contributed by atoms with Crippen molar-refractivity contribution in [2.24, 2.45) is 0 Å². The first-order chi connectivity index (χ1) is 15.2. The van der Waals surface area contributed by atoms with Gasteiger partial charge < -0.3 is 9.47 Å². The van der Waals surface area contributed by atoms with Gasteiger partial charge in [0, 0.05) is 0 Å². The van der Waals surface area contributed by atoms with Gasteiger partial charge in [0.05, 0.1) is 13.2 Å². The van der Waals surface area contributed by atoms with E-state index in [2.05, 4.69) is 71.9 Å². The molecule has 0 aromatic heterocycles. The van der Waals surface area contributed by atoms with Crippen molar-refractivity contribution < 1.29 is 14.3 Å². The minimum atomic E-state index is -0.563. The van der Waals surface area contributed by atoms with Crippen LogP contribution >= 0.6 is 0 Å². The second-order valence-electron chi connectivity index (χ2n) is 10.0. The molecule has 2 rings (SSSR count). The largest absolute Gasteiger partial charge is 0.508 e. The molecule has 2 aromatic carbocycles. The summed E-state index contributed by atoms with van der Waals surface area (Å²) in [5, 5.41) is 0. The van der Waals surface area contributed by atoms with Crippen molar-refractivity contribution in [2.45, 2.75) is 90.9 Å². The molecule has 0 heterocycles. The van der Waals surface area contributed by atoms with Crippen LogP contribution in [0.1, 0.15) is 89.5 Å². The zero-order valence-corrected chi connectivity index (χ0v) is 21.0. The van der Waals surface area contributed by atoms with Gasteiger partial charge in [0.2, 0.25) is 0 Å². The highest BCUT2D eigenvalue weighted by atomic mass is 16.7. The molecule has 0 saturated heterocycles. The second-order valence-corrected chi connectivity index (χ2v) is 10.0. The highest BCUT2D eigenvalue weighted by Gasteiger charge is 2.24. The van der Waals surface area contributed by atoms with Gasteiger partial charge in [0.15, 0.2) is 0 Å². The van der Waals surface area contributed by atoms with Gasteiger partial charge in [0.25, 0.3) is 0 Å². The normalized spacial score (nSPS) is 11.9. The molecule has 0 fully saturated rings. The summed E-state index contributed by atoms with van der Waals surface area (Å²) < 4.78 is 10.5. The quantitative estimate of drug-likeness (QED) is 0.251. The second kappa shape index (κ2) is 12.1. The number of carbonyl (C=O) groups is 1. The standard InChI is InChI=1S/C29H42O3/c1-7-28(3,4)25-20-24(21-26(22-25)29(5,6)8-2)17-13-19-32-27(30)31-18-12-16-23-14-10-9-11-15-23/h9-11,14-15,20-22H,7-8,12-13,16-19H2,1-6H3. The lowest BCUT2D eigenvalue weighted by molar-refractivity contribution is 0.0539. The Balaban J connectivity index is 1.82. The van der Waals surface area contributed by atoms with E-state index in [4.69, 9.17) is 9.47 Å². The number of rotatable bonds is 12. The van der Waals surface area contributed by atoms with Crippen molar-refractivity contribution >= 4 is 6.16 Å². The van der Waals surface area contributed by atoms with Crippen LogP contribution in [0.2, 0.25) is 0 Å². The third-order valence-corrected chi connectivity index (χ3v) is 6.83. The maximum Gasteiger partial charge on any atom is 0.508 e. The van der Waals surface area contributed by atoms with Gasteiger partial charge in [-0.3, -0.25) is 0 Å². The summed E-state index contributed by atoms with van der Waals surface area (Å²) >= 11 is 0. The predicted molar refractivity (Wildman–Crippen MR) is 133 cm³/mol. The van der Waals surface area contributed by atoms with Crippen LogP contribution in [0.4, 0.5) is 4.79 Å². The lowest BCUT2D eigenvalue weighted by atomic mass is 9.75. The van der Waals surface area contributed by atoms with Crippen molar-refractivity contribution in [3.63, 3.8) is 0 Å². The molecule has 0 aliphatic heterocycles. The fraction of sp³-hybridized carbons (Fsp3) is 0.552. The Kier molecular flexibility index (Phi) is 9.81. The number of ether oxygens (including phenoxy) is 2. The van der Waals surface area contributed by atoms with Crippen molar-refractivity contribution in [1.29, 1.82) is 0 Å². The van der Waals surface area contributed by atoms with Crippen LogP contribution in [0.5, 0.6) is 0 Å². The van der Waals surface area contributed by atoms with Crippen LogP contribution in [-0.2, 0) is 33.1 Å². The predicted octanol–water partition coefficient (Wildman–Crippen LogP) is 7.78. The Hall–Kier alpha value is -2.29. The van der Waals surface area contributed by atoms with Crippen molar-refractivity contribution in [3.05, 3.63) is 70.8 Å². The molecule has 0 atom stereocenters. The molecule has 3 heteroatoms. The van der Waals surface area contributed by atoms with Gasteiger partial charge in [-0.1, -0.05) is 90.1 Å². The fourth-order valence-electron chi connectivity index (χ4n) is 3.58. The topological polar surface area (TPSA) is 35.5 Å². The summed E-state index contributed by atoms with van der Waals surface area (Å²) in [6, 6.07) is 17.3. The zero-order chi connectivity index (χ0) is 23.6. The Morgan fingerprint density at radius 1 is 0.719 bits per heavy atom. The first-order valence-corrected chi connectivity index (χ1v) is 12.2. The molecule has 0 saturated carbocycles. The maximum atomic E-state index is 11.9. The first-order valence-electron chi connectivity index (χ1n) is 12.2. The highest BCUT2D eigenvalue weighted by Crippen LogP contribution is 2.34. The van der Waals surface area contributed by atoms with E-state index in [1.807, 2.05) is 18.2 Å². The number of carbonyl (C=O) groups excluding carboxylic acids is 1. The summed E-state index contributed by atoms with van der Waals surface area (Å²) in [6.07, 6.45) is 5.02. The van der Waals surface area contributed by atoms with Gasteiger partial charge in [-0.25, -0.2) is 4.79 Å². The average Bonchev–Trinajstić information content (AvgIpc) is 2.80. The molecule has 0 amide bonds. The maximum absolute atomic E-state index is 11.9. The molecule has 0 bridgehead atoms. The molecule has 176 valence electrons. The fourth-order valence-corrected chi connectivity index (χ4v) is 3.58. The van der Waals surface area contributed by atoms with Crippen molar-refractivity contribution in [2.75, 3.05) is 13.2 Å². The van der Waals surface area contributed by atoms with Crippen molar-refractivity contribution in [3.8, 4) is 0 Å². The van der Waals surface area contributed by atoms with Crippen LogP contribution in [0.25, 0.3) is 0 Å². The smallest absolute Gasteiger partial charge is 0.434 e. The molecule has 0 aliphatic carbocycles. The number of aryl methyl sites for hydroxylation is 2. The summed E-state index contributed by atoms with van der Waals surface area (Å²) in [5.74, 6) is 0. The first kappa shape index (κ1) is 26.0. The van der Waals surface area contributed by atoms with E-state index >= 15 is 0 Å². The van der Waals surface area contributed by atoms with E-state index in [1.165, 1.54) is 22.3 Å². The van der Waals surface area contributed by atoms with Crippen LogP contribution in [0.3, 0.4) is 0 Å². The number of hydrogen-bond acceptors (Lipinski definition) is 3. The lowest BCUT2D eigenvalue weighted by Crippen LogP contribution is -2.20. The molecule has 0 N–H and O–H groups in total. The molecular formula is C29H42O3.